The average molecular weight is 306 g/mol. The Kier molecular flexibility index (Phi) is 4.26. The minimum Gasteiger partial charge on any atom is -0.399 e. The highest BCUT2D eigenvalue weighted by atomic mass is 32.2. The van der Waals surface area contributed by atoms with E-state index in [0.29, 0.717) is 13.0 Å². The number of rotatable bonds is 4. The van der Waals surface area contributed by atoms with Gasteiger partial charge in [0.15, 0.2) is 11.6 Å². The highest BCUT2D eigenvalue weighted by Crippen LogP contribution is 2.28. The van der Waals surface area contributed by atoms with Gasteiger partial charge in [0.05, 0.1) is 6.61 Å². The van der Waals surface area contributed by atoms with E-state index < -0.39 is 26.6 Å². The van der Waals surface area contributed by atoms with Crippen LogP contribution in [-0.4, -0.2) is 39.5 Å². The zero-order valence-electron chi connectivity index (χ0n) is 11.0. The minimum atomic E-state index is -4.08. The van der Waals surface area contributed by atoms with Gasteiger partial charge in [0.25, 0.3) is 0 Å². The number of ether oxygens (including phenoxy) is 1. The maximum atomic E-state index is 13.7. The number of nitrogens with zero attached hydrogens (tertiary/aromatic N) is 1. The van der Waals surface area contributed by atoms with Crippen molar-refractivity contribution in [3.05, 3.63) is 23.8 Å². The molecular weight excluding hydrogens is 290 g/mol. The van der Waals surface area contributed by atoms with Crippen LogP contribution < -0.4 is 5.73 Å². The van der Waals surface area contributed by atoms with Crippen LogP contribution in [0.3, 0.4) is 0 Å². The first-order chi connectivity index (χ1) is 9.36. The number of anilines is 1. The van der Waals surface area contributed by atoms with Crippen molar-refractivity contribution in [1.82, 2.24) is 4.31 Å². The van der Waals surface area contributed by atoms with Gasteiger partial charge in [0, 0.05) is 25.9 Å². The van der Waals surface area contributed by atoms with Gasteiger partial charge in [-0.1, -0.05) is 0 Å². The normalized spacial score (nSPS) is 20.4. The van der Waals surface area contributed by atoms with Crippen LogP contribution >= 0.6 is 0 Å². The Balaban J connectivity index is 2.32. The minimum absolute atomic E-state index is 0.0590. The highest BCUT2D eigenvalue weighted by molar-refractivity contribution is 7.89. The third-order valence-electron chi connectivity index (χ3n) is 3.29. The Labute approximate surface area is 116 Å². The molecule has 1 aromatic carbocycles. The zero-order valence-corrected chi connectivity index (χ0v) is 11.8. The van der Waals surface area contributed by atoms with Crippen LogP contribution in [-0.2, 0) is 14.8 Å². The van der Waals surface area contributed by atoms with E-state index in [4.69, 9.17) is 10.5 Å². The Morgan fingerprint density at radius 2 is 2.15 bits per heavy atom. The van der Waals surface area contributed by atoms with Gasteiger partial charge in [-0.05, 0) is 24.5 Å². The number of nitrogen functional groups attached to an aromatic ring is 1. The smallest absolute Gasteiger partial charge is 0.246 e. The molecule has 20 heavy (non-hydrogen) atoms. The van der Waals surface area contributed by atoms with Crippen LogP contribution in [0.1, 0.15) is 6.42 Å². The molecule has 1 heterocycles. The summed E-state index contributed by atoms with van der Waals surface area (Å²) in [6.45, 7) is 0.915. The second kappa shape index (κ2) is 5.63. The monoisotopic (exact) mass is 306 g/mol. The van der Waals surface area contributed by atoms with E-state index in [1.807, 2.05) is 0 Å². The standard InChI is InChI=1S/C12H16F2N2O3S/c1-19-7-8-2-3-16(6-8)20(17,18)11-5-9(15)4-10(13)12(11)14/h4-5,8H,2-3,6-7,15H2,1H3. The largest absolute Gasteiger partial charge is 0.399 e. The lowest BCUT2D eigenvalue weighted by Crippen LogP contribution is -2.30. The van der Waals surface area contributed by atoms with Gasteiger partial charge >= 0.3 is 0 Å². The molecule has 1 atom stereocenters. The molecule has 1 unspecified atom stereocenters. The summed E-state index contributed by atoms with van der Waals surface area (Å²) in [5.74, 6) is -2.60. The SMILES string of the molecule is COCC1CCN(S(=O)(=O)c2cc(N)cc(F)c2F)C1. The van der Waals surface area contributed by atoms with Crippen molar-refractivity contribution in [1.29, 1.82) is 0 Å². The number of hydrogen-bond acceptors (Lipinski definition) is 4. The summed E-state index contributed by atoms with van der Waals surface area (Å²) in [6, 6.07) is 1.70. The second-order valence-corrected chi connectivity index (χ2v) is 6.69. The van der Waals surface area contributed by atoms with Gasteiger partial charge < -0.3 is 10.5 Å². The van der Waals surface area contributed by atoms with E-state index in [1.54, 1.807) is 0 Å². The van der Waals surface area contributed by atoms with Crippen molar-refractivity contribution < 1.29 is 21.9 Å². The highest BCUT2D eigenvalue weighted by Gasteiger charge is 2.35. The van der Waals surface area contributed by atoms with Crippen LogP contribution in [0.15, 0.2) is 17.0 Å². The Morgan fingerprint density at radius 1 is 1.45 bits per heavy atom. The summed E-state index contributed by atoms with van der Waals surface area (Å²) in [5, 5.41) is 0. The lowest BCUT2D eigenvalue weighted by molar-refractivity contribution is 0.157. The van der Waals surface area contributed by atoms with E-state index in [2.05, 4.69) is 0 Å². The van der Waals surface area contributed by atoms with E-state index in [0.717, 1.165) is 16.4 Å². The number of benzene rings is 1. The Bertz CT molecular complexity index is 607. The molecule has 2 N–H and O–H groups in total. The van der Waals surface area contributed by atoms with Gasteiger partial charge in [0.2, 0.25) is 10.0 Å². The summed E-state index contributed by atoms with van der Waals surface area (Å²) in [4.78, 5) is -0.715. The van der Waals surface area contributed by atoms with Crippen molar-refractivity contribution >= 4 is 15.7 Å². The molecule has 1 fully saturated rings. The molecule has 0 aliphatic carbocycles. The van der Waals surface area contributed by atoms with Crippen molar-refractivity contribution in [3.63, 3.8) is 0 Å². The Morgan fingerprint density at radius 3 is 2.80 bits per heavy atom. The number of hydrogen-bond donors (Lipinski definition) is 1. The van der Waals surface area contributed by atoms with Crippen LogP contribution in [0.4, 0.5) is 14.5 Å². The number of methoxy groups -OCH3 is 1. The molecule has 112 valence electrons. The van der Waals surface area contributed by atoms with Crippen LogP contribution in [0.25, 0.3) is 0 Å². The van der Waals surface area contributed by atoms with Gasteiger partial charge in [-0.15, -0.1) is 0 Å². The molecule has 1 aliphatic rings. The maximum absolute atomic E-state index is 13.7. The van der Waals surface area contributed by atoms with Crippen LogP contribution in [0.2, 0.25) is 0 Å². The van der Waals surface area contributed by atoms with Crippen molar-refractivity contribution in [2.24, 2.45) is 5.92 Å². The van der Waals surface area contributed by atoms with Gasteiger partial charge in [-0.3, -0.25) is 0 Å². The molecule has 8 heteroatoms. The fourth-order valence-electron chi connectivity index (χ4n) is 2.30. The molecule has 1 aliphatic heterocycles. The summed E-state index contributed by atoms with van der Waals surface area (Å²) in [6.07, 6.45) is 0.624. The quantitative estimate of drug-likeness (QED) is 0.849. The molecule has 1 saturated heterocycles. The van der Waals surface area contributed by atoms with Crippen molar-refractivity contribution in [2.45, 2.75) is 11.3 Å². The average Bonchev–Trinajstić information content (AvgIpc) is 2.83. The topological polar surface area (TPSA) is 72.6 Å². The number of halogens is 2. The van der Waals surface area contributed by atoms with E-state index in [-0.39, 0.29) is 24.7 Å². The van der Waals surface area contributed by atoms with Crippen LogP contribution in [0, 0.1) is 17.6 Å². The zero-order chi connectivity index (χ0) is 14.9. The van der Waals surface area contributed by atoms with E-state index >= 15 is 0 Å². The number of nitrogens with two attached hydrogens (primary N) is 1. The summed E-state index contributed by atoms with van der Waals surface area (Å²) >= 11 is 0. The van der Waals surface area contributed by atoms with Crippen molar-refractivity contribution in [2.75, 3.05) is 32.5 Å². The maximum Gasteiger partial charge on any atom is 0.246 e. The molecule has 2 rings (SSSR count). The third-order valence-corrected chi connectivity index (χ3v) is 5.15. The van der Waals surface area contributed by atoms with Crippen molar-refractivity contribution in [3.8, 4) is 0 Å². The molecule has 0 bridgehead atoms. The van der Waals surface area contributed by atoms with E-state index in [1.165, 1.54) is 7.11 Å². The molecular formula is C12H16F2N2O3S. The summed E-state index contributed by atoms with van der Waals surface area (Å²) in [7, 11) is -2.55. The fraction of sp³-hybridized carbons (Fsp3) is 0.500. The first-order valence-electron chi connectivity index (χ1n) is 6.10. The fourth-order valence-corrected chi connectivity index (χ4v) is 3.94. The molecule has 0 aromatic heterocycles. The molecule has 0 radical (unpaired) electrons. The second-order valence-electron chi connectivity index (χ2n) is 4.79. The predicted molar refractivity (Wildman–Crippen MR) is 69.5 cm³/mol. The lowest BCUT2D eigenvalue weighted by Gasteiger charge is -2.17. The first-order valence-corrected chi connectivity index (χ1v) is 7.54. The molecule has 0 spiro atoms. The third kappa shape index (κ3) is 2.77. The van der Waals surface area contributed by atoms with E-state index in [9.17, 15) is 17.2 Å². The summed E-state index contributed by atoms with van der Waals surface area (Å²) < 4.78 is 57.8. The molecule has 0 amide bonds. The molecule has 1 aromatic rings. The first kappa shape index (κ1) is 15.1. The van der Waals surface area contributed by atoms with Gasteiger partial charge in [-0.25, -0.2) is 17.2 Å². The number of sulfonamides is 1. The predicted octanol–water partition coefficient (Wildman–Crippen LogP) is 1.20. The van der Waals surface area contributed by atoms with Gasteiger partial charge in [-0.2, -0.15) is 4.31 Å². The molecule has 0 saturated carbocycles. The van der Waals surface area contributed by atoms with Gasteiger partial charge in [0.1, 0.15) is 4.90 Å². The summed E-state index contributed by atoms with van der Waals surface area (Å²) in [5.41, 5.74) is 5.26. The van der Waals surface area contributed by atoms with Crippen LogP contribution in [0.5, 0.6) is 0 Å². The lowest BCUT2D eigenvalue weighted by atomic mass is 10.1. The molecule has 5 nitrogen and oxygen atoms in total. The Hall–Kier alpha value is -1.25.